The summed E-state index contributed by atoms with van der Waals surface area (Å²) in [5, 5.41) is 5.42. The van der Waals surface area contributed by atoms with Crippen molar-refractivity contribution in [2.45, 2.75) is 38.5 Å². The Morgan fingerprint density at radius 2 is 1.76 bits per heavy atom. The van der Waals surface area contributed by atoms with Crippen LogP contribution in [0.15, 0.2) is 64.4 Å². The predicted octanol–water partition coefficient (Wildman–Crippen LogP) is 6.99. The first kappa shape index (κ1) is 25.0. The van der Waals surface area contributed by atoms with Gasteiger partial charge in [0.05, 0.1) is 12.8 Å². The average molecular weight is 482 g/mol. The van der Waals surface area contributed by atoms with E-state index in [-0.39, 0.29) is 5.91 Å². The maximum Gasteiger partial charge on any atom is 0.253 e. The smallest absolute Gasteiger partial charge is 0.253 e. The molecule has 2 aromatic carbocycles. The van der Waals surface area contributed by atoms with E-state index in [2.05, 4.69) is 52.7 Å². The molecule has 0 spiro atoms. The van der Waals surface area contributed by atoms with E-state index in [4.69, 9.17) is 4.74 Å². The molecule has 0 fully saturated rings. The van der Waals surface area contributed by atoms with Crippen LogP contribution in [0.25, 0.3) is 17.3 Å². The number of ether oxygens (including phenoxy) is 1. The number of thiazole rings is 1. The Morgan fingerprint density at radius 3 is 2.36 bits per heavy atom. The number of amides is 1. The Balaban J connectivity index is 1.60. The number of carbonyl (C=O) groups is 1. The third-order valence-electron chi connectivity index (χ3n) is 4.91. The molecular weight excluding hydrogens is 450 g/mol. The second kappa shape index (κ2) is 12.6. The van der Waals surface area contributed by atoms with Crippen LogP contribution in [0.5, 0.6) is 5.75 Å². The first-order valence-electron chi connectivity index (χ1n) is 11.1. The lowest BCUT2D eigenvalue weighted by molar-refractivity contribution is -0.112. The lowest BCUT2D eigenvalue weighted by Crippen LogP contribution is -2.17. The molecule has 3 rings (SSSR count). The van der Waals surface area contributed by atoms with Crippen molar-refractivity contribution in [2.75, 3.05) is 25.5 Å². The van der Waals surface area contributed by atoms with Gasteiger partial charge < -0.3 is 4.74 Å². The SMILES string of the molecule is CCCN(CCC)Sc1ccc(C=C(C)C(=O)Nc2nc(-c3ccc(OC)cc3)cs2)cc1. The lowest BCUT2D eigenvalue weighted by atomic mass is 10.1. The number of anilines is 1. The summed E-state index contributed by atoms with van der Waals surface area (Å²) in [6.45, 7) is 8.39. The number of methoxy groups -OCH3 is 1. The Labute approximate surface area is 205 Å². The minimum atomic E-state index is -0.152. The molecule has 1 amide bonds. The quantitative estimate of drug-likeness (QED) is 0.236. The van der Waals surface area contributed by atoms with E-state index in [9.17, 15) is 4.79 Å². The van der Waals surface area contributed by atoms with E-state index >= 15 is 0 Å². The van der Waals surface area contributed by atoms with E-state index in [0.29, 0.717) is 10.7 Å². The fraction of sp³-hybridized carbons (Fsp3) is 0.308. The van der Waals surface area contributed by atoms with Gasteiger partial charge in [0, 0.05) is 34.5 Å². The monoisotopic (exact) mass is 481 g/mol. The van der Waals surface area contributed by atoms with Gasteiger partial charge in [-0.15, -0.1) is 11.3 Å². The van der Waals surface area contributed by atoms with Crippen LogP contribution in [0, 0.1) is 0 Å². The number of hydrogen-bond donors (Lipinski definition) is 1. The van der Waals surface area contributed by atoms with Crippen LogP contribution in [0.2, 0.25) is 0 Å². The normalized spacial score (nSPS) is 11.6. The summed E-state index contributed by atoms with van der Waals surface area (Å²) in [6.07, 6.45) is 4.18. The molecule has 174 valence electrons. The summed E-state index contributed by atoms with van der Waals surface area (Å²) in [7, 11) is 1.64. The highest BCUT2D eigenvalue weighted by atomic mass is 32.2. The number of rotatable bonds is 11. The third-order valence-corrected chi connectivity index (χ3v) is 6.78. The van der Waals surface area contributed by atoms with Crippen molar-refractivity contribution < 1.29 is 9.53 Å². The molecule has 1 aromatic heterocycles. The molecule has 5 nitrogen and oxygen atoms in total. The van der Waals surface area contributed by atoms with Crippen molar-refractivity contribution in [3.63, 3.8) is 0 Å². The fourth-order valence-electron chi connectivity index (χ4n) is 3.21. The van der Waals surface area contributed by atoms with Crippen molar-refractivity contribution in [1.82, 2.24) is 9.29 Å². The minimum absolute atomic E-state index is 0.152. The first-order valence-corrected chi connectivity index (χ1v) is 12.8. The zero-order valence-corrected chi connectivity index (χ0v) is 21.3. The van der Waals surface area contributed by atoms with E-state index in [1.807, 2.05) is 42.6 Å². The highest BCUT2D eigenvalue weighted by molar-refractivity contribution is 7.97. The van der Waals surface area contributed by atoms with Crippen LogP contribution in [-0.4, -0.2) is 35.4 Å². The number of benzene rings is 2. The summed E-state index contributed by atoms with van der Waals surface area (Å²) in [4.78, 5) is 18.4. The second-order valence-corrected chi connectivity index (χ2v) is 9.67. The number of hydrogen-bond acceptors (Lipinski definition) is 6. The van der Waals surface area contributed by atoms with Crippen molar-refractivity contribution in [1.29, 1.82) is 0 Å². The van der Waals surface area contributed by atoms with Gasteiger partial charge in [0.2, 0.25) is 0 Å². The van der Waals surface area contributed by atoms with Gasteiger partial charge in [0.15, 0.2) is 5.13 Å². The van der Waals surface area contributed by atoms with Gasteiger partial charge in [0.1, 0.15) is 5.75 Å². The zero-order valence-electron chi connectivity index (χ0n) is 19.6. The van der Waals surface area contributed by atoms with Gasteiger partial charge in [-0.25, -0.2) is 9.29 Å². The van der Waals surface area contributed by atoms with Gasteiger partial charge in [-0.05, 0) is 79.8 Å². The Morgan fingerprint density at radius 1 is 1.09 bits per heavy atom. The summed E-state index contributed by atoms with van der Waals surface area (Å²) < 4.78 is 7.60. The molecule has 0 atom stereocenters. The summed E-state index contributed by atoms with van der Waals surface area (Å²) in [6, 6.07) is 16.0. The van der Waals surface area contributed by atoms with Crippen LogP contribution in [0.4, 0.5) is 5.13 Å². The van der Waals surface area contributed by atoms with E-state index in [1.165, 1.54) is 16.2 Å². The molecule has 3 aromatic rings. The van der Waals surface area contributed by atoms with Crippen molar-refractivity contribution in [3.05, 3.63) is 65.0 Å². The predicted molar refractivity (Wildman–Crippen MR) is 141 cm³/mol. The molecule has 7 heteroatoms. The highest BCUT2D eigenvalue weighted by Gasteiger charge is 2.10. The van der Waals surface area contributed by atoms with E-state index in [0.717, 1.165) is 48.5 Å². The van der Waals surface area contributed by atoms with E-state index < -0.39 is 0 Å². The van der Waals surface area contributed by atoms with Crippen LogP contribution in [-0.2, 0) is 4.79 Å². The molecule has 0 bridgehead atoms. The fourth-order valence-corrected chi connectivity index (χ4v) is 5.03. The summed E-state index contributed by atoms with van der Waals surface area (Å²) in [5.74, 6) is 0.648. The molecule has 0 aliphatic carbocycles. The Hall–Kier alpha value is -2.61. The summed E-state index contributed by atoms with van der Waals surface area (Å²) >= 11 is 3.21. The molecule has 0 aliphatic heterocycles. The number of nitrogens with zero attached hydrogens (tertiary/aromatic N) is 2. The maximum atomic E-state index is 12.7. The molecule has 0 radical (unpaired) electrons. The van der Waals surface area contributed by atoms with Crippen LogP contribution in [0.3, 0.4) is 0 Å². The van der Waals surface area contributed by atoms with Crippen LogP contribution < -0.4 is 10.1 Å². The van der Waals surface area contributed by atoms with Crippen molar-refractivity contribution in [3.8, 4) is 17.0 Å². The molecular formula is C26H31N3O2S2. The Kier molecular flexibility index (Phi) is 9.54. The van der Waals surface area contributed by atoms with Gasteiger partial charge in [0.25, 0.3) is 5.91 Å². The van der Waals surface area contributed by atoms with Gasteiger partial charge in [-0.2, -0.15) is 0 Å². The number of nitrogens with one attached hydrogen (secondary N) is 1. The summed E-state index contributed by atoms with van der Waals surface area (Å²) in [5.41, 5.74) is 3.44. The Bertz CT molecular complexity index is 1050. The number of carbonyl (C=O) groups excluding carboxylic acids is 1. The standard InChI is InChI=1S/C26H31N3O2S2/c1-5-15-29(16-6-2)33-23-13-7-20(8-14-23)17-19(3)25(30)28-26-27-24(18-32-26)21-9-11-22(31-4)12-10-21/h7-14,17-18H,5-6,15-16H2,1-4H3,(H,27,28,30). The number of aromatic nitrogens is 1. The highest BCUT2D eigenvalue weighted by Crippen LogP contribution is 2.27. The van der Waals surface area contributed by atoms with Gasteiger partial charge >= 0.3 is 0 Å². The van der Waals surface area contributed by atoms with Crippen LogP contribution in [0.1, 0.15) is 39.2 Å². The second-order valence-electron chi connectivity index (χ2n) is 7.64. The van der Waals surface area contributed by atoms with Crippen LogP contribution >= 0.6 is 23.3 Å². The van der Waals surface area contributed by atoms with Gasteiger partial charge in [-0.3, -0.25) is 10.1 Å². The third kappa shape index (κ3) is 7.45. The molecule has 1 N–H and O–H groups in total. The minimum Gasteiger partial charge on any atom is -0.497 e. The van der Waals surface area contributed by atoms with E-state index in [1.54, 1.807) is 19.1 Å². The van der Waals surface area contributed by atoms with Crippen molar-refractivity contribution in [2.24, 2.45) is 0 Å². The molecule has 0 saturated carbocycles. The lowest BCUT2D eigenvalue weighted by Gasteiger charge is -2.19. The zero-order chi connectivity index (χ0) is 23.6. The van der Waals surface area contributed by atoms with Gasteiger partial charge in [-0.1, -0.05) is 26.0 Å². The maximum absolute atomic E-state index is 12.7. The topological polar surface area (TPSA) is 54.5 Å². The van der Waals surface area contributed by atoms with Crippen molar-refractivity contribution >= 4 is 40.4 Å². The molecule has 1 heterocycles. The largest absolute Gasteiger partial charge is 0.497 e. The molecule has 33 heavy (non-hydrogen) atoms. The molecule has 0 unspecified atom stereocenters. The molecule has 0 aliphatic rings. The molecule has 0 saturated heterocycles. The first-order chi connectivity index (χ1) is 16.0. The average Bonchev–Trinajstić information content (AvgIpc) is 3.29.